The van der Waals surface area contributed by atoms with E-state index in [4.69, 9.17) is 14.0 Å². The summed E-state index contributed by atoms with van der Waals surface area (Å²) in [5, 5.41) is 50.6. The molecule has 0 amide bonds. The number of unbranched alkanes of at least 4 members (excludes halogenated alkanes) is 1. The Bertz CT molecular complexity index is 891. The molecule has 1 fully saturated rings. The van der Waals surface area contributed by atoms with Crippen LogP contribution in [0.25, 0.3) is 0 Å². The van der Waals surface area contributed by atoms with E-state index in [9.17, 15) is 38.8 Å². The Morgan fingerprint density at radius 1 is 1.12 bits per heavy atom. The smallest absolute Gasteiger partial charge is 0.518 e. The molecule has 2 rings (SSSR count). The van der Waals surface area contributed by atoms with Gasteiger partial charge < -0.3 is 35.1 Å². The van der Waals surface area contributed by atoms with E-state index >= 15 is 0 Å². The largest absolute Gasteiger partial charge is 0.605 e. The molecule has 1 aliphatic rings. The normalized spacial score (nSPS) is 27.0. The monoisotopic (exact) mass is 495 g/mol. The van der Waals surface area contributed by atoms with Gasteiger partial charge in [-0.1, -0.05) is 22.3 Å². The van der Waals surface area contributed by atoms with E-state index in [-0.39, 0.29) is 25.9 Å². The lowest BCUT2D eigenvalue weighted by molar-refractivity contribution is -0.290. The summed E-state index contributed by atoms with van der Waals surface area (Å²) in [7, 11) is -5.17. The van der Waals surface area contributed by atoms with Crippen LogP contribution in [0, 0.1) is 5.21 Å². The minimum Gasteiger partial charge on any atom is -0.605 e. The molecule has 1 aromatic carbocycles. The zero-order valence-corrected chi connectivity index (χ0v) is 18.4. The Morgan fingerprint density at radius 2 is 1.78 bits per heavy atom. The van der Waals surface area contributed by atoms with E-state index in [1.165, 1.54) is 0 Å². The Morgan fingerprint density at radius 3 is 2.38 bits per heavy atom. The Hall–Kier alpha value is -1.78. The van der Waals surface area contributed by atoms with Gasteiger partial charge in [-0.05, 0) is 36.7 Å². The molecule has 32 heavy (non-hydrogen) atoms. The zero-order chi connectivity index (χ0) is 23.9. The summed E-state index contributed by atoms with van der Waals surface area (Å²) < 4.78 is 41.4. The summed E-state index contributed by atoms with van der Waals surface area (Å²) in [6.07, 6.45) is -6.11. The number of nitrogens with zero attached hydrogens (tertiary/aromatic N) is 1. The van der Waals surface area contributed by atoms with E-state index < -0.39 is 61.9 Å². The highest BCUT2D eigenvalue weighted by atomic mass is 32.2. The highest BCUT2D eigenvalue weighted by molar-refractivity contribution is 8.14. The van der Waals surface area contributed by atoms with Gasteiger partial charge in [0.05, 0.1) is 18.8 Å². The van der Waals surface area contributed by atoms with Crippen molar-refractivity contribution >= 4 is 33.1 Å². The van der Waals surface area contributed by atoms with Crippen LogP contribution in [0.3, 0.4) is 0 Å². The maximum Gasteiger partial charge on any atom is 0.518 e. The molecule has 1 aliphatic heterocycles. The number of hydrogen-bond donors (Lipinski definition) is 5. The van der Waals surface area contributed by atoms with Gasteiger partial charge >= 0.3 is 16.3 Å². The van der Waals surface area contributed by atoms with Gasteiger partial charge in [-0.2, -0.15) is 0 Å². The second kappa shape index (κ2) is 11.9. The third kappa shape index (κ3) is 7.11. The van der Waals surface area contributed by atoms with Crippen molar-refractivity contribution in [2.24, 2.45) is 0 Å². The Labute approximate surface area is 188 Å². The average Bonchev–Trinajstić information content (AvgIpc) is 2.77. The van der Waals surface area contributed by atoms with Gasteiger partial charge in [0.1, 0.15) is 29.9 Å². The van der Waals surface area contributed by atoms with Crippen LogP contribution in [-0.2, 0) is 19.8 Å². The van der Waals surface area contributed by atoms with Crippen LogP contribution < -0.4 is 0 Å². The second-order valence-electron chi connectivity index (χ2n) is 6.87. The van der Waals surface area contributed by atoms with Crippen LogP contribution >= 0.6 is 11.8 Å². The van der Waals surface area contributed by atoms with Crippen LogP contribution in [0.1, 0.15) is 29.6 Å². The molecule has 12 nitrogen and oxygen atoms in total. The number of aliphatic hydroxyl groups is 4. The summed E-state index contributed by atoms with van der Waals surface area (Å²) in [5.74, 6) is -0.547. The number of ether oxygens (including phenoxy) is 2. The number of esters is 1. The first-order valence-electron chi connectivity index (χ1n) is 9.56. The lowest BCUT2D eigenvalue weighted by Gasteiger charge is -2.39. The summed E-state index contributed by atoms with van der Waals surface area (Å²) in [5.41, 5.74) is -1.05. The fraction of sp³-hybridized carbons (Fsp3) is 0.556. The van der Waals surface area contributed by atoms with E-state index in [1.54, 1.807) is 30.3 Å². The molecule has 0 aliphatic carbocycles. The Balaban J connectivity index is 1.99. The standard InChI is InChI=1S/C18H25NO11S2/c20-10-12-14(21)15(22)16(23)18(30-12)31-13(19(25)32(26,27)28)8-4-5-9-29-17(24)11-6-2-1-3-7-11/h1-3,6-7,12,14-16,18,20-23H,4-5,8-10H2,(H,26,27,28). The number of hydrogen-bond acceptors (Lipinski definition) is 11. The van der Waals surface area contributed by atoms with Crippen LogP contribution in [0.2, 0.25) is 0 Å². The first-order chi connectivity index (χ1) is 15.1. The fourth-order valence-electron chi connectivity index (χ4n) is 2.82. The molecule has 0 aromatic heterocycles. The van der Waals surface area contributed by atoms with Crippen LogP contribution in [-0.4, -0.2) is 91.6 Å². The van der Waals surface area contributed by atoms with E-state index in [1.807, 2.05) is 0 Å². The summed E-state index contributed by atoms with van der Waals surface area (Å²) in [4.78, 5) is 11.9. The van der Waals surface area contributed by atoms with Crippen molar-refractivity contribution in [1.29, 1.82) is 0 Å². The van der Waals surface area contributed by atoms with Crippen molar-refractivity contribution in [2.45, 2.75) is 49.1 Å². The lowest BCUT2D eigenvalue weighted by Crippen LogP contribution is -2.57. The van der Waals surface area contributed by atoms with Crippen LogP contribution in [0.4, 0.5) is 0 Å². The number of aliphatic hydroxyl groups excluding tert-OH is 4. The SMILES string of the molecule is O=C(OCCCCC(SC1OC(CO)C(O)C(O)C1O)=[N+]([O-])S(=O)(=O)O)c1ccccc1. The molecule has 1 heterocycles. The maximum atomic E-state index is 12.0. The van der Waals surface area contributed by atoms with Crippen LogP contribution in [0.15, 0.2) is 30.3 Å². The predicted molar refractivity (Wildman–Crippen MR) is 112 cm³/mol. The van der Waals surface area contributed by atoms with Crippen molar-refractivity contribution < 1.29 is 51.8 Å². The van der Waals surface area contributed by atoms with Gasteiger partial charge in [0.2, 0.25) is 5.04 Å². The highest BCUT2D eigenvalue weighted by Crippen LogP contribution is 2.30. The van der Waals surface area contributed by atoms with E-state index in [0.717, 1.165) is 0 Å². The molecule has 5 N–H and O–H groups in total. The number of rotatable bonds is 9. The first-order valence-corrected chi connectivity index (χ1v) is 11.8. The molecule has 1 aromatic rings. The topological polar surface area (TPSA) is 197 Å². The molecule has 0 bridgehead atoms. The first kappa shape index (κ1) is 26.5. The van der Waals surface area contributed by atoms with Gasteiger partial charge in [0, 0.05) is 6.42 Å². The van der Waals surface area contributed by atoms with Gasteiger partial charge in [0.15, 0.2) is 0 Å². The molecule has 0 saturated carbocycles. The highest BCUT2D eigenvalue weighted by Gasteiger charge is 2.45. The van der Waals surface area contributed by atoms with Crippen LogP contribution in [0.5, 0.6) is 0 Å². The molecule has 0 spiro atoms. The third-order valence-corrected chi connectivity index (χ3v) is 6.56. The van der Waals surface area contributed by atoms with Gasteiger partial charge in [-0.3, -0.25) is 0 Å². The molecule has 1 saturated heterocycles. The zero-order valence-electron chi connectivity index (χ0n) is 16.8. The quantitative estimate of drug-likeness (QED) is 0.0421. The summed E-state index contributed by atoms with van der Waals surface area (Å²) in [6.45, 7) is -0.722. The summed E-state index contributed by atoms with van der Waals surface area (Å²) in [6, 6.07) is 8.24. The van der Waals surface area contributed by atoms with Crippen molar-refractivity contribution in [2.75, 3.05) is 13.2 Å². The maximum absolute atomic E-state index is 12.0. The fourth-order valence-corrected chi connectivity index (χ4v) is 4.70. The predicted octanol–water partition coefficient (Wildman–Crippen LogP) is -0.742. The third-order valence-electron chi connectivity index (χ3n) is 4.54. The molecule has 0 radical (unpaired) electrons. The van der Waals surface area contributed by atoms with Crippen molar-refractivity contribution in [3.05, 3.63) is 41.1 Å². The van der Waals surface area contributed by atoms with Crippen molar-refractivity contribution in [3.63, 3.8) is 0 Å². The lowest BCUT2D eigenvalue weighted by atomic mass is 10.0. The molecule has 180 valence electrons. The molecule has 5 atom stereocenters. The summed E-state index contributed by atoms with van der Waals surface area (Å²) >= 11 is 0.424. The number of thioether (sulfide) groups is 1. The van der Waals surface area contributed by atoms with Gasteiger partial charge in [-0.15, -0.1) is 8.42 Å². The second-order valence-corrected chi connectivity index (χ2v) is 9.27. The molecule has 14 heteroatoms. The van der Waals surface area contributed by atoms with Crippen molar-refractivity contribution in [1.82, 2.24) is 0 Å². The van der Waals surface area contributed by atoms with E-state index in [2.05, 4.69) is 0 Å². The number of carbonyl (C=O) groups is 1. The molecular weight excluding hydrogens is 470 g/mol. The minimum atomic E-state index is -5.17. The average molecular weight is 496 g/mol. The Kier molecular flexibility index (Phi) is 9.84. The van der Waals surface area contributed by atoms with Crippen molar-refractivity contribution in [3.8, 4) is 0 Å². The minimum absolute atomic E-state index is 0.0174. The number of carbonyl (C=O) groups excluding carboxylic acids is 1. The van der Waals surface area contributed by atoms with Gasteiger partial charge in [0.25, 0.3) is 0 Å². The molecule has 5 unspecified atom stereocenters. The number of benzene rings is 1. The van der Waals surface area contributed by atoms with Gasteiger partial charge in [-0.25, -0.2) is 9.35 Å². The molecular formula is C18H25NO11S2. The van der Waals surface area contributed by atoms with E-state index in [0.29, 0.717) is 17.3 Å².